The van der Waals surface area contributed by atoms with Crippen molar-refractivity contribution in [2.75, 3.05) is 11.4 Å². The van der Waals surface area contributed by atoms with Crippen LogP contribution in [0.2, 0.25) is 0 Å². The van der Waals surface area contributed by atoms with Crippen molar-refractivity contribution in [2.24, 2.45) is 0 Å². The largest absolute Gasteiger partial charge is 0.352 e. The quantitative estimate of drug-likeness (QED) is 0.904. The SMILES string of the molecule is O=C(NC1CC1)[C@H]1CCCN1c1nnc(Cc2ccc(F)cc2)s1. The first-order valence-electron chi connectivity index (χ1n) is 8.33. The second kappa shape index (κ2) is 6.47. The number of nitrogens with one attached hydrogen (secondary N) is 1. The van der Waals surface area contributed by atoms with Crippen molar-refractivity contribution in [1.82, 2.24) is 15.5 Å². The lowest BCUT2D eigenvalue weighted by atomic mass is 10.2. The third kappa shape index (κ3) is 3.40. The molecule has 2 fully saturated rings. The van der Waals surface area contributed by atoms with Crippen LogP contribution < -0.4 is 10.2 Å². The molecule has 1 saturated carbocycles. The molecule has 0 bridgehead atoms. The third-order valence-corrected chi connectivity index (χ3v) is 5.41. The fourth-order valence-corrected chi connectivity index (χ4v) is 3.95. The molecule has 1 saturated heterocycles. The number of nitrogens with zero attached hydrogens (tertiary/aromatic N) is 3. The summed E-state index contributed by atoms with van der Waals surface area (Å²) in [5, 5.41) is 13.3. The van der Waals surface area contributed by atoms with E-state index in [2.05, 4.69) is 20.4 Å². The number of carbonyl (C=O) groups excluding carboxylic acids is 1. The van der Waals surface area contributed by atoms with E-state index >= 15 is 0 Å². The van der Waals surface area contributed by atoms with Crippen LogP contribution in [0.5, 0.6) is 0 Å². The van der Waals surface area contributed by atoms with Gasteiger partial charge in [0.25, 0.3) is 0 Å². The predicted molar refractivity (Wildman–Crippen MR) is 90.6 cm³/mol. The van der Waals surface area contributed by atoms with Gasteiger partial charge in [-0.2, -0.15) is 0 Å². The molecule has 0 spiro atoms. The molecule has 24 heavy (non-hydrogen) atoms. The Bertz CT molecular complexity index is 728. The first-order chi connectivity index (χ1) is 11.7. The standard InChI is InChI=1S/C17H19FN4OS/c18-12-5-3-11(4-6-12)10-15-20-21-17(24-15)22-9-1-2-14(22)16(23)19-13-7-8-13/h3-6,13-14H,1-2,7-10H2,(H,19,23)/t14-/m1/s1. The van der Waals surface area contributed by atoms with Crippen molar-refractivity contribution >= 4 is 22.4 Å². The van der Waals surface area contributed by atoms with Crippen molar-refractivity contribution in [3.63, 3.8) is 0 Å². The summed E-state index contributed by atoms with van der Waals surface area (Å²) in [7, 11) is 0. The first-order valence-corrected chi connectivity index (χ1v) is 9.14. The second-order valence-electron chi connectivity index (χ2n) is 6.42. The zero-order chi connectivity index (χ0) is 16.5. The Labute approximate surface area is 143 Å². The number of hydrogen-bond acceptors (Lipinski definition) is 5. The molecule has 7 heteroatoms. The minimum atomic E-state index is -0.238. The minimum absolute atomic E-state index is 0.116. The van der Waals surface area contributed by atoms with Crippen LogP contribution >= 0.6 is 11.3 Å². The van der Waals surface area contributed by atoms with Crippen LogP contribution in [0.3, 0.4) is 0 Å². The van der Waals surface area contributed by atoms with E-state index < -0.39 is 0 Å². The average molecular weight is 346 g/mol. The lowest BCUT2D eigenvalue weighted by Gasteiger charge is -2.22. The zero-order valence-electron chi connectivity index (χ0n) is 13.2. The van der Waals surface area contributed by atoms with Crippen LogP contribution in [0.25, 0.3) is 0 Å². The van der Waals surface area contributed by atoms with Crippen LogP contribution in [0, 0.1) is 5.82 Å². The highest BCUT2D eigenvalue weighted by Gasteiger charge is 2.35. The highest BCUT2D eigenvalue weighted by atomic mass is 32.1. The molecule has 1 amide bonds. The van der Waals surface area contributed by atoms with E-state index in [0.29, 0.717) is 12.5 Å². The maximum Gasteiger partial charge on any atom is 0.243 e. The molecule has 1 aliphatic heterocycles. The molecule has 126 valence electrons. The van der Waals surface area contributed by atoms with Gasteiger partial charge in [-0.05, 0) is 43.4 Å². The van der Waals surface area contributed by atoms with Crippen LogP contribution in [0.4, 0.5) is 9.52 Å². The molecule has 1 aliphatic carbocycles. The maximum atomic E-state index is 13.0. The van der Waals surface area contributed by atoms with Gasteiger partial charge in [0, 0.05) is 19.0 Å². The van der Waals surface area contributed by atoms with Gasteiger partial charge in [0.1, 0.15) is 16.9 Å². The number of anilines is 1. The monoisotopic (exact) mass is 346 g/mol. The third-order valence-electron chi connectivity index (χ3n) is 4.45. The summed E-state index contributed by atoms with van der Waals surface area (Å²) in [5.74, 6) is -0.122. The molecular weight excluding hydrogens is 327 g/mol. The van der Waals surface area contributed by atoms with Crippen LogP contribution in [0.1, 0.15) is 36.3 Å². The topological polar surface area (TPSA) is 58.1 Å². The summed E-state index contributed by atoms with van der Waals surface area (Å²) < 4.78 is 13.0. The summed E-state index contributed by atoms with van der Waals surface area (Å²) in [6.45, 7) is 0.841. The Morgan fingerprint density at radius 3 is 2.79 bits per heavy atom. The van der Waals surface area contributed by atoms with E-state index in [1.54, 1.807) is 12.1 Å². The zero-order valence-corrected chi connectivity index (χ0v) is 14.1. The highest BCUT2D eigenvalue weighted by molar-refractivity contribution is 7.15. The normalized spacial score (nSPS) is 20.4. The fraction of sp³-hybridized carbons (Fsp3) is 0.471. The summed E-state index contributed by atoms with van der Waals surface area (Å²) in [4.78, 5) is 14.5. The summed E-state index contributed by atoms with van der Waals surface area (Å²) in [6.07, 6.45) is 4.68. The summed E-state index contributed by atoms with van der Waals surface area (Å²) in [5.41, 5.74) is 1.00. The van der Waals surface area contributed by atoms with Gasteiger partial charge in [-0.25, -0.2) is 4.39 Å². The van der Waals surface area contributed by atoms with Crippen molar-refractivity contribution in [3.8, 4) is 0 Å². The van der Waals surface area contributed by atoms with Gasteiger partial charge in [-0.15, -0.1) is 10.2 Å². The van der Waals surface area contributed by atoms with E-state index in [0.717, 1.165) is 47.9 Å². The molecule has 1 aromatic heterocycles. The fourth-order valence-electron chi connectivity index (χ4n) is 3.00. The number of hydrogen-bond donors (Lipinski definition) is 1. The molecule has 1 atom stereocenters. The molecular formula is C17H19FN4OS. The number of halogens is 1. The van der Waals surface area contributed by atoms with Gasteiger partial charge in [0.15, 0.2) is 0 Å². The van der Waals surface area contributed by atoms with E-state index in [1.165, 1.54) is 23.5 Å². The summed E-state index contributed by atoms with van der Waals surface area (Å²) in [6, 6.07) is 6.68. The number of carbonyl (C=O) groups is 1. The van der Waals surface area contributed by atoms with E-state index in [4.69, 9.17) is 0 Å². The molecule has 2 aliphatic rings. The van der Waals surface area contributed by atoms with Crippen LogP contribution in [-0.4, -0.2) is 34.7 Å². The Morgan fingerprint density at radius 2 is 2.04 bits per heavy atom. The smallest absolute Gasteiger partial charge is 0.243 e. The molecule has 4 rings (SSSR count). The lowest BCUT2D eigenvalue weighted by molar-refractivity contribution is -0.122. The van der Waals surface area contributed by atoms with Gasteiger partial charge in [0.2, 0.25) is 11.0 Å². The second-order valence-corrected chi connectivity index (χ2v) is 7.46. The molecule has 2 heterocycles. The van der Waals surface area contributed by atoms with Gasteiger partial charge in [0.05, 0.1) is 0 Å². The van der Waals surface area contributed by atoms with Gasteiger partial charge < -0.3 is 10.2 Å². The van der Waals surface area contributed by atoms with Crippen molar-refractivity contribution in [1.29, 1.82) is 0 Å². The summed E-state index contributed by atoms with van der Waals surface area (Å²) >= 11 is 1.51. The Balaban J connectivity index is 1.44. The Kier molecular flexibility index (Phi) is 4.18. The molecule has 5 nitrogen and oxygen atoms in total. The van der Waals surface area contributed by atoms with Crippen LogP contribution in [-0.2, 0) is 11.2 Å². The number of rotatable bonds is 5. The highest BCUT2D eigenvalue weighted by Crippen LogP contribution is 2.30. The van der Waals surface area contributed by atoms with Crippen molar-refractivity contribution < 1.29 is 9.18 Å². The first kappa shape index (κ1) is 15.5. The molecule has 0 radical (unpaired) electrons. The van der Waals surface area contributed by atoms with Gasteiger partial charge in [-0.3, -0.25) is 4.79 Å². The molecule has 1 aromatic carbocycles. The lowest BCUT2D eigenvalue weighted by Crippen LogP contribution is -2.44. The Morgan fingerprint density at radius 1 is 1.25 bits per heavy atom. The molecule has 2 aromatic rings. The van der Waals surface area contributed by atoms with Gasteiger partial charge >= 0.3 is 0 Å². The van der Waals surface area contributed by atoms with E-state index in [-0.39, 0.29) is 17.8 Å². The number of amides is 1. The predicted octanol–water partition coefficient (Wildman–Crippen LogP) is 2.52. The average Bonchev–Trinajstić information content (AvgIpc) is 3.08. The van der Waals surface area contributed by atoms with Crippen molar-refractivity contribution in [2.45, 2.75) is 44.2 Å². The maximum absolute atomic E-state index is 13.0. The van der Waals surface area contributed by atoms with E-state index in [1.807, 2.05) is 0 Å². The Hall–Kier alpha value is -2.02. The minimum Gasteiger partial charge on any atom is -0.352 e. The van der Waals surface area contributed by atoms with Crippen molar-refractivity contribution in [3.05, 3.63) is 40.7 Å². The van der Waals surface area contributed by atoms with Gasteiger partial charge in [-0.1, -0.05) is 23.5 Å². The molecule has 1 N–H and O–H groups in total. The molecule has 0 unspecified atom stereocenters. The van der Waals surface area contributed by atoms with Crippen LogP contribution in [0.15, 0.2) is 24.3 Å². The number of aromatic nitrogens is 2. The van der Waals surface area contributed by atoms with E-state index in [9.17, 15) is 9.18 Å². The number of benzene rings is 1.